The molecule has 0 amide bonds. The molecule has 0 spiro atoms. The summed E-state index contributed by atoms with van der Waals surface area (Å²) in [5.41, 5.74) is 1.33. The highest BCUT2D eigenvalue weighted by molar-refractivity contribution is 9.10. The predicted molar refractivity (Wildman–Crippen MR) is 103 cm³/mol. The molecule has 0 saturated carbocycles. The van der Waals surface area contributed by atoms with Gasteiger partial charge >= 0.3 is 5.97 Å². The van der Waals surface area contributed by atoms with Gasteiger partial charge in [0.05, 0.1) is 22.2 Å². The Morgan fingerprint density at radius 3 is 2.27 bits per heavy atom. The normalized spacial score (nSPS) is 11.4. The van der Waals surface area contributed by atoms with Gasteiger partial charge in [-0.25, -0.2) is 8.42 Å². The quantitative estimate of drug-likeness (QED) is 0.704. The van der Waals surface area contributed by atoms with Gasteiger partial charge in [0.1, 0.15) is 12.3 Å². The molecule has 0 aromatic heterocycles. The summed E-state index contributed by atoms with van der Waals surface area (Å²) in [7, 11) is -2.59. The van der Waals surface area contributed by atoms with Crippen molar-refractivity contribution in [3.8, 4) is 5.75 Å². The molecule has 0 atom stereocenters. The minimum Gasteiger partial charge on any atom is -0.496 e. The summed E-state index contributed by atoms with van der Waals surface area (Å²) in [5, 5.41) is 9.20. The van der Waals surface area contributed by atoms with E-state index in [1.54, 1.807) is 24.3 Å². The van der Waals surface area contributed by atoms with E-state index in [2.05, 4.69) is 15.9 Å². The minimum absolute atomic E-state index is 0.0284. The number of methoxy groups -OCH3 is 1. The number of nitrogens with zero attached hydrogens (tertiary/aromatic N) is 1. The zero-order valence-corrected chi connectivity index (χ0v) is 17.0. The number of rotatable bonds is 7. The van der Waals surface area contributed by atoms with Gasteiger partial charge in [0, 0.05) is 0 Å². The van der Waals surface area contributed by atoms with Gasteiger partial charge in [0.25, 0.3) is 10.0 Å². The van der Waals surface area contributed by atoms with Gasteiger partial charge in [-0.3, -0.25) is 9.10 Å². The lowest BCUT2D eigenvalue weighted by atomic mass is 10.0. The Bertz CT molecular complexity index is 894. The predicted octanol–water partition coefficient (Wildman–Crippen LogP) is 3.86. The van der Waals surface area contributed by atoms with Crippen LogP contribution < -0.4 is 9.04 Å². The smallest absolute Gasteiger partial charge is 0.324 e. The molecule has 0 aliphatic rings. The van der Waals surface area contributed by atoms with Gasteiger partial charge in [-0.1, -0.05) is 26.0 Å². The second kappa shape index (κ2) is 8.09. The highest BCUT2D eigenvalue weighted by atomic mass is 79.9. The van der Waals surface area contributed by atoms with Crippen LogP contribution in [0.1, 0.15) is 25.3 Å². The van der Waals surface area contributed by atoms with E-state index >= 15 is 0 Å². The minimum atomic E-state index is -4.06. The van der Waals surface area contributed by atoms with Crippen molar-refractivity contribution in [1.29, 1.82) is 0 Å². The highest BCUT2D eigenvalue weighted by Gasteiger charge is 2.27. The van der Waals surface area contributed by atoms with Crippen LogP contribution in [-0.2, 0) is 14.8 Å². The number of ether oxygens (including phenoxy) is 1. The molecule has 1 N–H and O–H groups in total. The first-order valence-electron chi connectivity index (χ1n) is 7.85. The second-order valence-corrected chi connectivity index (χ2v) is 8.66. The number of hydrogen-bond donors (Lipinski definition) is 1. The molecule has 2 rings (SSSR count). The number of carboxylic acid groups (broad SMARTS) is 1. The molecule has 0 bridgehead atoms. The molecule has 2 aromatic carbocycles. The lowest BCUT2D eigenvalue weighted by Crippen LogP contribution is -2.35. The fourth-order valence-corrected chi connectivity index (χ4v) is 4.53. The topological polar surface area (TPSA) is 83.9 Å². The molecule has 0 heterocycles. The van der Waals surface area contributed by atoms with Crippen LogP contribution in [0.3, 0.4) is 0 Å². The number of benzene rings is 2. The fourth-order valence-electron chi connectivity index (χ4n) is 2.40. The maximum absolute atomic E-state index is 13.0. The van der Waals surface area contributed by atoms with Gasteiger partial charge in [0.15, 0.2) is 0 Å². The Hall–Kier alpha value is -2.06. The highest BCUT2D eigenvalue weighted by Crippen LogP contribution is 2.31. The summed E-state index contributed by atoms with van der Waals surface area (Å²) in [6.45, 7) is 3.37. The third-order valence-electron chi connectivity index (χ3n) is 3.84. The summed E-state index contributed by atoms with van der Waals surface area (Å²) >= 11 is 3.26. The molecule has 0 fully saturated rings. The fraction of sp³-hybridized carbons (Fsp3) is 0.278. The monoisotopic (exact) mass is 441 g/mol. The molecule has 0 radical (unpaired) electrons. The van der Waals surface area contributed by atoms with Crippen LogP contribution >= 0.6 is 15.9 Å². The Morgan fingerprint density at radius 1 is 1.19 bits per heavy atom. The van der Waals surface area contributed by atoms with Crippen LogP contribution in [0.2, 0.25) is 0 Å². The zero-order chi connectivity index (χ0) is 19.5. The lowest BCUT2D eigenvalue weighted by Gasteiger charge is -2.23. The van der Waals surface area contributed by atoms with E-state index in [0.29, 0.717) is 15.9 Å². The van der Waals surface area contributed by atoms with Crippen LogP contribution in [0.15, 0.2) is 51.8 Å². The van der Waals surface area contributed by atoms with Crippen molar-refractivity contribution < 1.29 is 23.1 Å². The van der Waals surface area contributed by atoms with Gasteiger partial charge in [-0.15, -0.1) is 0 Å². The van der Waals surface area contributed by atoms with E-state index < -0.39 is 22.5 Å². The standard InChI is InChI=1S/C18H20BrNO5S/c1-12(2)13-4-6-14(7-5-13)20(11-18(21)22)26(23,24)15-8-9-17(25-3)16(19)10-15/h4-10,12H,11H2,1-3H3,(H,21,22). The average Bonchev–Trinajstić information content (AvgIpc) is 2.59. The van der Waals surface area contributed by atoms with Crippen molar-refractivity contribution in [3.05, 3.63) is 52.5 Å². The molecular weight excluding hydrogens is 422 g/mol. The molecule has 0 saturated heterocycles. The van der Waals surface area contributed by atoms with Gasteiger partial charge in [-0.2, -0.15) is 0 Å². The molecule has 26 heavy (non-hydrogen) atoms. The van der Waals surface area contributed by atoms with Crippen molar-refractivity contribution in [2.45, 2.75) is 24.7 Å². The SMILES string of the molecule is COc1ccc(S(=O)(=O)N(CC(=O)O)c2ccc(C(C)C)cc2)cc1Br. The van der Waals surface area contributed by atoms with Crippen LogP contribution in [0.4, 0.5) is 5.69 Å². The van der Waals surface area contributed by atoms with E-state index in [1.807, 2.05) is 13.8 Å². The molecule has 2 aromatic rings. The zero-order valence-electron chi connectivity index (χ0n) is 14.6. The van der Waals surface area contributed by atoms with Crippen LogP contribution in [0.5, 0.6) is 5.75 Å². The third kappa shape index (κ3) is 4.37. The van der Waals surface area contributed by atoms with Gasteiger partial charge in [-0.05, 0) is 57.7 Å². The van der Waals surface area contributed by atoms with E-state index in [-0.39, 0.29) is 10.8 Å². The van der Waals surface area contributed by atoms with Crippen molar-refractivity contribution >= 4 is 37.6 Å². The number of halogens is 1. The van der Waals surface area contributed by atoms with E-state index in [9.17, 15) is 18.3 Å². The number of anilines is 1. The van der Waals surface area contributed by atoms with Crippen molar-refractivity contribution in [1.82, 2.24) is 0 Å². The van der Waals surface area contributed by atoms with E-state index in [4.69, 9.17) is 4.74 Å². The maximum atomic E-state index is 13.0. The molecule has 0 aliphatic carbocycles. The number of carboxylic acids is 1. The molecule has 8 heteroatoms. The Balaban J connectivity index is 2.51. The van der Waals surface area contributed by atoms with Crippen molar-refractivity contribution in [2.24, 2.45) is 0 Å². The van der Waals surface area contributed by atoms with Crippen molar-refractivity contribution in [2.75, 3.05) is 18.0 Å². The lowest BCUT2D eigenvalue weighted by molar-refractivity contribution is -0.135. The Morgan fingerprint density at radius 2 is 1.81 bits per heavy atom. The number of aliphatic carboxylic acids is 1. The first-order chi connectivity index (χ1) is 12.2. The largest absolute Gasteiger partial charge is 0.496 e. The summed E-state index contributed by atoms with van der Waals surface area (Å²) in [6, 6.07) is 11.1. The average molecular weight is 442 g/mol. The van der Waals surface area contributed by atoms with Crippen LogP contribution in [0.25, 0.3) is 0 Å². The molecule has 0 aliphatic heterocycles. The van der Waals surface area contributed by atoms with Crippen LogP contribution in [0, 0.1) is 0 Å². The van der Waals surface area contributed by atoms with E-state index in [0.717, 1.165) is 9.87 Å². The first kappa shape index (κ1) is 20.3. The van der Waals surface area contributed by atoms with Crippen molar-refractivity contribution in [3.63, 3.8) is 0 Å². The summed E-state index contributed by atoms with van der Waals surface area (Å²) < 4.78 is 32.5. The van der Waals surface area contributed by atoms with Gasteiger partial charge < -0.3 is 9.84 Å². The summed E-state index contributed by atoms with van der Waals surface area (Å²) in [6.07, 6.45) is 0. The number of hydrogen-bond acceptors (Lipinski definition) is 4. The number of carbonyl (C=O) groups is 1. The first-order valence-corrected chi connectivity index (χ1v) is 10.1. The summed E-state index contributed by atoms with van der Waals surface area (Å²) in [4.78, 5) is 11.2. The molecule has 140 valence electrons. The summed E-state index contributed by atoms with van der Waals surface area (Å²) in [5.74, 6) is -0.477. The second-order valence-electron chi connectivity index (χ2n) is 5.95. The Kier molecular flexibility index (Phi) is 6.30. The Labute approximate surface area is 161 Å². The maximum Gasteiger partial charge on any atom is 0.324 e. The van der Waals surface area contributed by atoms with E-state index in [1.165, 1.54) is 25.3 Å². The molecule has 0 unspecified atom stereocenters. The van der Waals surface area contributed by atoms with Crippen LogP contribution in [-0.4, -0.2) is 33.1 Å². The molecular formula is C18H20BrNO5S. The number of sulfonamides is 1. The third-order valence-corrected chi connectivity index (χ3v) is 6.23. The molecule has 6 nitrogen and oxygen atoms in total. The van der Waals surface area contributed by atoms with Gasteiger partial charge in [0.2, 0.25) is 0 Å².